The van der Waals surface area contributed by atoms with Crippen molar-refractivity contribution in [1.82, 2.24) is 5.32 Å². The smallest absolute Gasteiger partial charge is 0.330 e. The van der Waals surface area contributed by atoms with Gasteiger partial charge in [0.1, 0.15) is 5.75 Å². The van der Waals surface area contributed by atoms with E-state index in [4.69, 9.17) is 9.47 Å². The van der Waals surface area contributed by atoms with Gasteiger partial charge in [-0.25, -0.2) is 9.18 Å². The predicted octanol–water partition coefficient (Wildman–Crippen LogP) is 2.25. The highest BCUT2D eigenvalue weighted by Crippen LogP contribution is 2.26. The van der Waals surface area contributed by atoms with Crippen molar-refractivity contribution in [2.24, 2.45) is 0 Å². The lowest BCUT2D eigenvalue weighted by Crippen LogP contribution is -2.34. The molecular formula is C19H18FNO5. The van der Waals surface area contributed by atoms with E-state index in [0.717, 1.165) is 29.4 Å². The van der Waals surface area contributed by atoms with Gasteiger partial charge in [0.05, 0.1) is 20.1 Å². The largest absolute Gasteiger partial charge is 0.494 e. The van der Waals surface area contributed by atoms with Crippen molar-refractivity contribution in [3.05, 3.63) is 58.9 Å². The SMILES string of the molecule is COc1ccc(C(NC(=O)Cc2ccc3c(c2)CCO3)C(=O)O)cc1F. The van der Waals surface area contributed by atoms with Crippen LogP contribution in [0, 0.1) is 5.82 Å². The van der Waals surface area contributed by atoms with E-state index < -0.39 is 23.7 Å². The highest BCUT2D eigenvalue weighted by molar-refractivity contribution is 5.85. The van der Waals surface area contributed by atoms with Gasteiger partial charge in [0.2, 0.25) is 5.91 Å². The standard InChI is InChI=1S/C19H18FNO5/c1-25-16-5-3-13(10-14(16)20)18(19(23)24)21-17(22)9-11-2-4-15-12(8-11)6-7-26-15/h2-5,8,10,18H,6-7,9H2,1H3,(H,21,22)(H,23,24). The number of carbonyl (C=O) groups excluding carboxylic acids is 1. The van der Waals surface area contributed by atoms with Crippen molar-refractivity contribution in [2.45, 2.75) is 18.9 Å². The van der Waals surface area contributed by atoms with E-state index in [-0.39, 0.29) is 17.7 Å². The first-order valence-corrected chi connectivity index (χ1v) is 8.08. The van der Waals surface area contributed by atoms with Crippen molar-refractivity contribution in [3.8, 4) is 11.5 Å². The summed E-state index contributed by atoms with van der Waals surface area (Å²) in [5.41, 5.74) is 1.92. The molecule has 0 saturated carbocycles. The average Bonchev–Trinajstić information content (AvgIpc) is 3.07. The number of carbonyl (C=O) groups is 2. The van der Waals surface area contributed by atoms with Crippen LogP contribution >= 0.6 is 0 Å². The third-order valence-electron chi connectivity index (χ3n) is 4.18. The van der Waals surface area contributed by atoms with Crippen molar-refractivity contribution in [2.75, 3.05) is 13.7 Å². The number of nitrogens with one attached hydrogen (secondary N) is 1. The highest BCUT2D eigenvalue weighted by atomic mass is 19.1. The number of aliphatic carboxylic acids is 1. The van der Waals surface area contributed by atoms with Crippen molar-refractivity contribution in [3.63, 3.8) is 0 Å². The summed E-state index contributed by atoms with van der Waals surface area (Å²) < 4.78 is 24.1. The second-order valence-electron chi connectivity index (χ2n) is 5.95. The molecule has 0 spiro atoms. The molecule has 0 fully saturated rings. The van der Waals surface area contributed by atoms with Gasteiger partial charge >= 0.3 is 5.97 Å². The molecule has 3 rings (SSSR count). The molecule has 1 aliphatic heterocycles. The summed E-state index contributed by atoms with van der Waals surface area (Å²) in [5, 5.41) is 11.8. The number of hydrogen-bond donors (Lipinski definition) is 2. The van der Waals surface area contributed by atoms with E-state index >= 15 is 0 Å². The van der Waals surface area contributed by atoms with E-state index in [2.05, 4.69) is 5.32 Å². The summed E-state index contributed by atoms with van der Waals surface area (Å²) in [5.74, 6) is -1.61. The maximum Gasteiger partial charge on any atom is 0.330 e. The minimum atomic E-state index is -1.35. The second kappa shape index (κ2) is 7.43. The Morgan fingerprint density at radius 1 is 1.31 bits per heavy atom. The number of carboxylic acid groups (broad SMARTS) is 1. The molecular weight excluding hydrogens is 341 g/mol. The quantitative estimate of drug-likeness (QED) is 0.826. The van der Waals surface area contributed by atoms with Gasteiger partial charge in [-0.05, 0) is 34.9 Å². The molecule has 2 N–H and O–H groups in total. The van der Waals surface area contributed by atoms with Crippen molar-refractivity contribution < 1.29 is 28.6 Å². The number of methoxy groups -OCH3 is 1. The van der Waals surface area contributed by atoms with Crippen LogP contribution in [0.5, 0.6) is 11.5 Å². The van der Waals surface area contributed by atoms with Gasteiger partial charge in [-0.15, -0.1) is 0 Å². The molecule has 136 valence electrons. The Labute approximate surface area is 149 Å². The zero-order chi connectivity index (χ0) is 18.7. The van der Waals surface area contributed by atoms with Crippen LogP contribution < -0.4 is 14.8 Å². The van der Waals surface area contributed by atoms with Crippen LogP contribution in [0.4, 0.5) is 4.39 Å². The van der Waals surface area contributed by atoms with Crippen LogP contribution in [0.3, 0.4) is 0 Å². The summed E-state index contributed by atoms with van der Waals surface area (Å²) in [6.45, 7) is 0.620. The summed E-state index contributed by atoms with van der Waals surface area (Å²) in [6, 6.07) is 7.89. The van der Waals surface area contributed by atoms with E-state index in [0.29, 0.717) is 6.61 Å². The molecule has 1 aliphatic rings. The minimum absolute atomic E-state index is 0.00424. The van der Waals surface area contributed by atoms with Gasteiger partial charge in [-0.2, -0.15) is 0 Å². The van der Waals surface area contributed by atoms with Crippen LogP contribution in [0.25, 0.3) is 0 Å². The minimum Gasteiger partial charge on any atom is -0.494 e. The van der Waals surface area contributed by atoms with Gasteiger partial charge in [-0.1, -0.05) is 18.2 Å². The molecule has 7 heteroatoms. The van der Waals surface area contributed by atoms with Crippen LogP contribution in [0.15, 0.2) is 36.4 Å². The Balaban J connectivity index is 1.72. The maximum absolute atomic E-state index is 13.8. The molecule has 2 aromatic rings. The number of halogens is 1. The van der Waals surface area contributed by atoms with Gasteiger partial charge < -0.3 is 19.9 Å². The molecule has 1 amide bonds. The number of ether oxygens (including phenoxy) is 2. The zero-order valence-electron chi connectivity index (χ0n) is 14.1. The van der Waals surface area contributed by atoms with Gasteiger partial charge in [0, 0.05) is 6.42 Å². The number of fused-ring (bicyclic) bond motifs is 1. The monoisotopic (exact) mass is 359 g/mol. The van der Waals surface area contributed by atoms with Gasteiger partial charge in [-0.3, -0.25) is 4.79 Å². The Morgan fingerprint density at radius 2 is 2.12 bits per heavy atom. The molecule has 26 heavy (non-hydrogen) atoms. The number of amides is 1. The maximum atomic E-state index is 13.8. The molecule has 2 aromatic carbocycles. The van der Waals surface area contributed by atoms with E-state index in [1.54, 1.807) is 12.1 Å². The molecule has 0 radical (unpaired) electrons. The Kier molecular flexibility index (Phi) is 5.06. The molecule has 1 atom stereocenters. The molecule has 0 bridgehead atoms. The molecule has 0 aromatic heterocycles. The third-order valence-corrected chi connectivity index (χ3v) is 4.18. The van der Waals surface area contributed by atoms with E-state index in [1.807, 2.05) is 6.07 Å². The van der Waals surface area contributed by atoms with E-state index in [9.17, 15) is 19.1 Å². The fraction of sp³-hybridized carbons (Fsp3) is 0.263. The Bertz CT molecular complexity index is 852. The lowest BCUT2D eigenvalue weighted by Gasteiger charge is -2.16. The summed E-state index contributed by atoms with van der Waals surface area (Å²) in [6.07, 6.45) is 0.809. The summed E-state index contributed by atoms with van der Waals surface area (Å²) in [4.78, 5) is 23.8. The fourth-order valence-corrected chi connectivity index (χ4v) is 2.90. The number of benzene rings is 2. The molecule has 0 saturated heterocycles. The fourth-order valence-electron chi connectivity index (χ4n) is 2.90. The van der Waals surface area contributed by atoms with Crippen LogP contribution in [-0.4, -0.2) is 30.7 Å². The molecule has 0 aliphatic carbocycles. The van der Waals surface area contributed by atoms with Crippen molar-refractivity contribution in [1.29, 1.82) is 0 Å². The molecule has 1 heterocycles. The van der Waals surface area contributed by atoms with Crippen LogP contribution in [0.1, 0.15) is 22.7 Å². The zero-order valence-corrected chi connectivity index (χ0v) is 14.1. The predicted molar refractivity (Wildman–Crippen MR) is 90.8 cm³/mol. The number of rotatable bonds is 6. The number of hydrogen-bond acceptors (Lipinski definition) is 4. The Hall–Kier alpha value is -3.09. The van der Waals surface area contributed by atoms with Crippen LogP contribution in [0.2, 0.25) is 0 Å². The first-order chi connectivity index (χ1) is 12.5. The second-order valence-corrected chi connectivity index (χ2v) is 5.95. The average molecular weight is 359 g/mol. The number of carboxylic acids is 1. The topological polar surface area (TPSA) is 84.9 Å². The lowest BCUT2D eigenvalue weighted by molar-refractivity contribution is -0.142. The lowest BCUT2D eigenvalue weighted by atomic mass is 10.0. The van der Waals surface area contributed by atoms with Crippen LogP contribution in [-0.2, 0) is 22.4 Å². The highest BCUT2D eigenvalue weighted by Gasteiger charge is 2.24. The summed E-state index contributed by atoms with van der Waals surface area (Å²) >= 11 is 0. The van der Waals surface area contributed by atoms with E-state index in [1.165, 1.54) is 19.2 Å². The Morgan fingerprint density at radius 3 is 2.81 bits per heavy atom. The molecule has 6 nitrogen and oxygen atoms in total. The summed E-state index contributed by atoms with van der Waals surface area (Å²) in [7, 11) is 1.32. The normalized spacial score (nSPS) is 13.5. The van der Waals surface area contributed by atoms with Crippen molar-refractivity contribution >= 4 is 11.9 Å². The third kappa shape index (κ3) is 3.77. The van der Waals surface area contributed by atoms with Gasteiger partial charge in [0.25, 0.3) is 0 Å². The first kappa shape index (κ1) is 17.7. The van der Waals surface area contributed by atoms with Gasteiger partial charge in [0.15, 0.2) is 17.6 Å². The first-order valence-electron chi connectivity index (χ1n) is 8.08. The molecule has 1 unspecified atom stereocenters.